The molecule has 1 saturated heterocycles. The van der Waals surface area contributed by atoms with E-state index in [0.29, 0.717) is 11.6 Å². The molecule has 1 aliphatic heterocycles. The number of aromatic nitrogens is 5. The molecule has 0 bridgehead atoms. The Labute approximate surface area is 158 Å². The lowest BCUT2D eigenvalue weighted by molar-refractivity contribution is 0.572. The van der Waals surface area contributed by atoms with Gasteiger partial charge in [-0.05, 0) is 18.2 Å². The van der Waals surface area contributed by atoms with Crippen molar-refractivity contribution in [2.45, 2.75) is 26.2 Å². The molecule has 0 spiro atoms. The first kappa shape index (κ1) is 17.2. The highest BCUT2D eigenvalue weighted by molar-refractivity contribution is 5.48. The van der Waals surface area contributed by atoms with Gasteiger partial charge in [-0.3, -0.25) is 0 Å². The van der Waals surface area contributed by atoms with E-state index in [9.17, 15) is 0 Å². The number of hydrogen-bond acceptors (Lipinski definition) is 7. The van der Waals surface area contributed by atoms with Crippen LogP contribution in [0.1, 0.15) is 32.2 Å². The largest absolute Gasteiger partial charge is 0.352 e. The standard InChI is InChI=1S/C19H22N8/c1-19(2,3)15-13-27-16(23-15)4-5-17(24-27)25-8-10-26(11-9-25)18-21-7-6-14(12-20)22-18/h4-7,13H,8-11H2,1-3H3. The summed E-state index contributed by atoms with van der Waals surface area (Å²) in [5.74, 6) is 1.55. The van der Waals surface area contributed by atoms with Crippen LogP contribution >= 0.6 is 0 Å². The fraction of sp³-hybridized carbons (Fsp3) is 0.421. The van der Waals surface area contributed by atoms with Gasteiger partial charge in [0.25, 0.3) is 0 Å². The average molecular weight is 362 g/mol. The smallest absolute Gasteiger partial charge is 0.226 e. The molecule has 0 saturated carbocycles. The highest BCUT2D eigenvalue weighted by Crippen LogP contribution is 2.22. The van der Waals surface area contributed by atoms with Gasteiger partial charge in [0.05, 0.1) is 11.9 Å². The van der Waals surface area contributed by atoms with Gasteiger partial charge >= 0.3 is 0 Å². The molecule has 0 aliphatic carbocycles. The minimum Gasteiger partial charge on any atom is -0.352 e. The molecule has 1 fully saturated rings. The van der Waals surface area contributed by atoms with Crippen molar-refractivity contribution in [2.24, 2.45) is 0 Å². The van der Waals surface area contributed by atoms with Crippen LogP contribution in [0.25, 0.3) is 5.65 Å². The van der Waals surface area contributed by atoms with Crippen molar-refractivity contribution in [3.05, 3.63) is 42.0 Å². The predicted octanol–water partition coefficient (Wildman–Crippen LogP) is 2.02. The SMILES string of the molecule is CC(C)(C)c1cn2nc(N3CCN(c4nccc(C#N)n4)CC3)ccc2n1. The first-order valence-corrected chi connectivity index (χ1v) is 9.04. The zero-order valence-electron chi connectivity index (χ0n) is 15.8. The Balaban J connectivity index is 1.50. The lowest BCUT2D eigenvalue weighted by Gasteiger charge is -2.35. The molecule has 0 N–H and O–H groups in total. The topological polar surface area (TPSA) is 86.2 Å². The van der Waals surface area contributed by atoms with Crippen molar-refractivity contribution in [1.29, 1.82) is 5.26 Å². The van der Waals surface area contributed by atoms with E-state index >= 15 is 0 Å². The van der Waals surface area contributed by atoms with E-state index in [4.69, 9.17) is 10.4 Å². The molecule has 0 radical (unpaired) electrons. The molecular weight excluding hydrogens is 340 g/mol. The first-order valence-electron chi connectivity index (χ1n) is 9.04. The zero-order chi connectivity index (χ0) is 19.0. The maximum atomic E-state index is 9.01. The number of rotatable bonds is 2. The number of hydrogen-bond donors (Lipinski definition) is 0. The second kappa shape index (κ2) is 6.50. The van der Waals surface area contributed by atoms with Crippen molar-refractivity contribution in [2.75, 3.05) is 36.0 Å². The molecule has 8 heteroatoms. The summed E-state index contributed by atoms with van der Waals surface area (Å²) in [4.78, 5) is 17.6. The van der Waals surface area contributed by atoms with Gasteiger partial charge in [-0.1, -0.05) is 20.8 Å². The molecule has 1 aliphatic rings. The summed E-state index contributed by atoms with van der Waals surface area (Å²) in [5, 5.41) is 13.8. The maximum absolute atomic E-state index is 9.01. The van der Waals surface area contributed by atoms with Gasteiger partial charge in [-0.15, -0.1) is 5.10 Å². The molecule has 4 heterocycles. The van der Waals surface area contributed by atoms with Crippen LogP contribution in [0.4, 0.5) is 11.8 Å². The van der Waals surface area contributed by atoms with Crippen LogP contribution in [-0.4, -0.2) is 50.7 Å². The van der Waals surface area contributed by atoms with Gasteiger partial charge in [-0.2, -0.15) is 5.26 Å². The molecule has 3 aromatic rings. The Kier molecular flexibility index (Phi) is 4.15. The Bertz CT molecular complexity index is 1000. The summed E-state index contributed by atoms with van der Waals surface area (Å²) < 4.78 is 1.86. The summed E-state index contributed by atoms with van der Waals surface area (Å²) in [5.41, 5.74) is 2.29. The van der Waals surface area contributed by atoms with E-state index < -0.39 is 0 Å². The minimum absolute atomic E-state index is 0.00253. The summed E-state index contributed by atoms with van der Waals surface area (Å²) in [7, 11) is 0. The fourth-order valence-electron chi connectivity index (χ4n) is 3.10. The first-order chi connectivity index (χ1) is 12.9. The van der Waals surface area contributed by atoms with Crippen molar-refractivity contribution in [3.63, 3.8) is 0 Å². The Hall–Kier alpha value is -3.21. The monoisotopic (exact) mass is 362 g/mol. The summed E-state index contributed by atoms with van der Waals surface area (Å²) in [6.07, 6.45) is 3.64. The van der Waals surface area contributed by atoms with E-state index in [-0.39, 0.29) is 5.41 Å². The second-order valence-electron chi connectivity index (χ2n) is 7.70. The van der Waals surface area contributed by atoms with Gasteiger partial charge in [0.15, 0.2) is 5.65 Å². The number of anilines is 2. The maximum Gasteiger partial charge on any atom is 0.226 e. The minimum atomic E-state index is -0.00253. The average Bonchev–Trinajstić information content (AvgIpc) is 3.12. The normalized spacial score (nSPS) is 15.2. The van der Waals surface area contributed by atoms with Crippen LogP contribution in [0.2, 0.25) is 0 Å². The zero-order valence-corrected chi connectivity index (χ0v) is 15.8. The van der Waals surface area contributed by atoms with E-state index in [2.05, 4.69) is 51.6 Å². The molecule has 4 rings (SSSR count). The molecule has 8 nitrogen and oxygen atoms in total. The Morgan fingerprint density at radius 2 is 1.74 bits per heavy atom. The number of nitrogens with zero attached hydrogens (tertiary/aromatic N) is 8. The summed E-state index contributed by atoms with van der Waals surface area (Å²) in [6, 6.07) is 7.73. The van der Waals surface area contributed by atoms with Crippen molar-refractivity contribution in [3.8, 4) is 6.07 Å². The molecule has 3 aromatic heterocycles. The van der Waals surface area contributed by atoms with Crippen molar-refractivity contribution >= 4 is 17.4 Å². The van der Waals surface area contributed by atoms with Crippen LogP contribution in [0.3, 0.4) is 0 Å². The number of fused-ring (bicyclic) bond motifs is 1. The highest BCUT2D eigenvalue weighted by atomic mass is 15.4. The van der Waals surface area contributed by atoms with Crippen LogP contribution < -0.4 is 9.80 Å². The van der Waals surface area contributed by atoms with Crippen LogP contribution in [0, 0.1) is 11.3 Å². The van der Waals surface area contributed by atoms with Gasteiger partial charge < -0.3 is 9.80 Å². The van der Waals surface area contributed by atoms with E-state index in [1.54, 1.807) is 12.3 Å². The number of piperazine rings is 1. The lowest BCUT2D eigenvalue weighted by atomic mass is 9.93. The molecule has 0 aromatic carbocycles. The fourth-order valence-corrected chi connectivity index (χ4v) is 3.10. The second-order valence-corrected chi connectivity index (χ2v) is 7.70. The van der Waals surface area contributed by atoms with Crippen LogP contribution in [0.5, 0.6) is 0 Å². The van der Waals surface area contributed by atoms with Crippen molar-refractivity contribution in [1.82, 2.24) is 24.6 Å². The molecule has 0 atom stereocenters. The molecular formula is C19H22N8. The molecule has 0 amide bonds. The van der Waals surface area contributed by atoms with Gasteiger partial charge in [0, 0.05) is 37.8 Å². The third-order valence-electron chi connectivity index (χ3n) is 4.72. The number of nitriles is 1. The van der Waals surface area contributed by atoms with Gasteiger partial charge in [0.1, 0.15) is 17.6 Å². The van der Waals surface area contributed by atoms with Gasteiger partial charge in [0.2, 0.25) is 5.95 Å². The van der Waals surface area contributed by atoms with E-state index in [1.165, 1.54) is 0 Å². The predicted molar refractivity (Wildman–Crippen MR) is 103 cm³/mol. The van der Waals surface area contributed by atoms with Crippen LogP contribution in [0.15, 0.2) is 30.6 Å². The van der Waals surface area contributed by atoms with Crippen LogP contribution in [-0.2, 0) is 5.41 Å². The number of imidazole rings is 1. The Morgan fingerprint density at radius 1 is 1.00 bits per heavy atom. The Morgan fingerprint density at radius 3 is 2.44 bits per heavy atom. The highest BCUT2D eigenvalue weighted by Gasteiger charge is 2.22. The lowest BCUT2D eigenvalue weighted by Crippen LogP contribution is -2.47. The molecule has 138 valence electrons. The van der Waals surface area contributed by atoms with Gasteiger partial charge in [-0.25, -0.2) is 19.5 Å². The third kappa shape index (κ3) is 3.40. The molecule has 27 heavy (non-hydrogen) atoms. The van der Waals surface area contributed by atoms with E-state index in [0.717, 1.165) is 43.3 Å². The molecule has 0 unspecified atom stereocenters. The van der Waals surface area contributed by atoms with Crippen molar-refractivity contribution < 1.29 is 0 Å². The summed E-state index contributed by atoms with van der Waals surface area (Å²) >= 11 is 0. The third-order valence-corrected chi connectivity index (χ3v) is 4.72. The van der Waals surface area contributed by atoms with E-state index in [1.807, 2.05) is 22.8 Å². The summed E-state index contributed by atoms with van der Waals surface area (Å²) in [6.45, 7) is 9.66. The quantitative estimate of drug-likeness (QED) is 0.689.